The van der Waals surface area contributed by atoms with Crippen molar-refractivity contribution >= 4 is 46.7 Å². The molecule has 31 heavy (non-hydrogen) atoms. The minimum atomic E-state index is -0.686. The van der Waals surface area contributed by atoms with E-state index in [1.807, 2.05) is 6.92 Å². The molecule has 1 heterocycles. The van der Waals surface area contributed by atoms with Gasteiger partial charge in [0.25, 0.3) is 5.91 Å². The number of carbonyl (C=O) groups excluding carboxylic acids is 4. The lowest BCUT2D eigenvalue weighted by Gasteiger charge is -2.16. The van der Waals surface area contributed by atoms with E-state index in [0.717, 1.165) is 5.56 Å². The van der Waals surface area contributed by atoms with Crippen molar-refractivity contribution in [3.63, 3.8) is 0 Å². The van der Waals surface area contributed by atoms with Crippen LogP contribution in [-0.4, -0.2) is 44.0 Å². The van der Waals surface area contributed by atoms with Crippen molar-refractivity contribution in [3.05, 3.63) is 58.6 Å². The Kier molecular flexibility index (Phi) is 6.91. The van der Waals surface area contributed by atoms with Gasteiger partial charge in [-0.3, -0.25) is 14.4 Å². The second-order valence-electron chi connectivity index (χ2n) is 7.06. The average Bonchev–Trinajstić information content (AvgIpc) is 3.16. The van der Waals surface area contributed by atoms with E-state index >= 15 is 0 Å². The van der Waals surface area contributed by atoms with E-state index in [1.54, 1.807) is 42.5 Å². The Balaban J connectivity index is 1.53. The van der Waals surface area contributed by atoms with Crippen molar-refractivity contribution in [1.82, 2.24) is 0 Å². The van der Waals surface area contributed by atoms with Gasteiger partial charge >= 0.3 is 11.9 Å². The van der Waals surface area contributed by atoms with Gasteiger partial charge in [0.1, 0.15) is 0 Å². The molecule has 1 fully saturated rings. The number of amides is 2. The number of rotatable bonds is 6. The van der Waals surface area contributed by atoms with Crippen LogP contribution in [0.1, 0.15) is 22.3 Å². The molecule has 162 valence electrons. The molecule has 0 radical (unpaired) electrons. The molecular weight excluding hydrogens is 424 g/mol. The van der Waals surface area contributed by atoms with Crippen LogP contribution in [0.4, 0.5) is 11.4 Å². The van der Waals surface area contributed by atoms with Crippen LogP contribution in [0.3, 0.4) is 0 Å². The van der Waals surface area contributed by atoms with Crippen molar-refractivity contribution in [2.24, 2.45) is 5.92 Å². The number of ether oxygens (including phenoxy) is 2. The molecule has 8 nitrogen and oxygen atoms in total. The second kappa shape index (κ2) is 9.61. The van der Waals surface area contributed by atoms with Crippen molar-refractivity contribution in [1.29, 1.82) is 0 Å². The van der Waals surface area contributed by atoms with Gasteiger partial charge in [0.2, 0.25) is 5.91 Å². The van der Waals surface area contributed by atoms with E-state index in [2.05, 4.69) is 10.1 Å². The molecule has 0 aliphatic carbocycles. The zero-order valence-corrected chi connectivity index (χ0v) is 17.8. The van der Waals surface area contributed by atoms with Crippen LogP contribution in [0, 0.1) is 12.8 Å². The standard InChI is InChI=1S/C22H21ClN2O6/c1-13-3-6-16(10-18(13)23)24-19(26)12-31-22(29)15-9-20(27)25(11-15)17-7-4-14(5-8-17)21(28)30-2/h3-8,10,15H,9,11-12H2,1-2H3,(H,24,26)/t15-/m1/s1. The number of benzene rings is 2. The summed E-state index contributed by atoms with van der Waals surface area (Å²) in [5.41, 5.74) is 2.28. The van der Waals surface area contributed by atoms with Crippen LogP contribution in [0.2, 0.25) is 5.02 Å². The van der Waals surface area contributed by atoms with Gasteiger partial charge in [0, 0.05) is 29.4 Å². The summed E-state index contributed by atoms with van der Waals surface area (Å²) in [4.78, 5) is 49.7. The van der Waals surface area contributed by atoms with Gasteiger partial charge in [-0.1, -0.05) is 17.7 Å². The fraction of sp³-hybridized carbons (Fsp3) is 0.273. The molecule has 1 N–H and O–H groups in total. The van der Waals surface area contributed by atoms with Crippen LogP contribution < -0.4 is 10.2 Å². The summed E-state index contributed by atoms with van der Waals surface area (Å²) in [5.74, 6) is -2.54. The summed E-state index contributed by atoms with van der Waals surface area (Å²) < 4.78 is 9.73. The highest BCUT2D eigenvalue weighted by atomic mass is 35.5. The van der Waals surface area contributed by atoms with E-state index < -0.39 is 30.4 Å². The maximum Gasteiger partial charge on any atom is 0.337 e. The van der Waals surface area contributed by atoms with Gasteiger partial charge in [-0.2, -0.15) is 0 Å². The summed E-state index contributed by atoms with van der Waals surface area (Å²) in [6, 6.07) is 11.4. The molecule has 0 saturated carbocycles. The number of nitrogens with zero attached hydrogens (tertiary/aromatic N) is 1. The lowest BCUT2D eigenvalue weighted by Crippen LogP contribution is -2.28. The minimum Gasteiger partial charge on any atom is -0.465 e. The minimum absolute atomic E-state index is 0.0211. The molecule has 3 rings (SSSR count). The Morgan fingerprint density at radius 3 is 2.52 bits per heavy atom. The fourth-order valence-electron chi connectivity index (χ4n) is 3.13. The Morgan fingerprint density at radius 1 is 1.16 bits per heavy atom. The Hall–Kier alpha value is -3.39. The summed E-state index contributed by atoms with van der Waals surface area (Å²) in [6.07, 6.45) is -0.0211. The quantitative estimate of drug-likeness (QED) is 0.687. The lowest BCUT2D eigenvalue weighted by molar-refractivity contribution is -0.151. The number of methoxy groups -OCH3 is 1. The van der Waals surface area contributed by atoms with Crippen molar-refractivity contribution in [2.45, 2.75) is 13.3 Å². The molecular formula is C22H21ClN2O6. The SMILES string of the molecule is COC(=O)c1ccc(N2C[C@H](C(=O)OCC(=O)Nc3ccc(C)c(Cl)c3)CC2=O)cc1. The number of carbonyl (C=O) groups is 4. The summed E-state index contributed by atoms with van der Waals surface area (Å²) in [7, 11) is 1.28. The van der Waals surface area contributed by atoms with Crippen LogP contribution in [0.15, 0.2) is 42.5 Å². The highest BCUT2D eigenvalue weighted by molar-refractivity contribution is 6.31. The molecule has 2 aromatic rings. The summed E-state index contributed by atoms with van der Waals surface area (Å²) >= 11 is 6.02. The molecule has 9 heteroatoms. The number of hydrogen-bond donors (Lipinski definition) is 1. The van der Waals surface area contributed by atoms with Gasteiger partial charge in [0.15, 0.2) is 6.61 Å². The highest BCUT2D eigenvalue weighted by Gasteiger charge is 2.36. The Morgan fingerprint density at radius 2 is 1.87 bits per heavy atom. The van der Waals surface area contributed by atoms with E-state index in [1.165, 1.54) is 12.0 Å². The van der Waals surface area contributed by atoms with Gasteiger partial charge < -0.3 is 19.7 Å². The number of aryl methyl sites for hydroxylation is 1. The van der Waals surface area contributed by atoms with Gasteiger partial charge in [-0.15, -0.1) is 0 Å². The number of halogens is 1. The molecule has 0 aromatic heterocycles. The maximum atomic E-state index is 12.3. The Labute approximate surface area is 184 Å². The van der Waals surface area contributed by atoms with Gasteiger partial charge in [0.05, 0.1) is 18.6 Å². The topological polar surface area (TPSA) is 102 Å². The van der Waals surface area contributed by atoms with E-state index in [9.17, 15) is 19.2 Å². The largest absolute Gasteiger partial charge is 0.465 e. The first-order chi connectivity index (χ1) is 14.8. The predicted octanol–water partition coefficient (Wildman–Crippen LogP) is 2.97. The van der Waals surface area contributed by atoms with Crippen molar-refractivity contribution in [3.8, 4) is 0 Å². The molecule has 0 spiro atoms. The Bertz CT molecular complexity index is 1020. The molecule has 1 atom stereocenters. The van der Waals surface area contributed by atoms with Crippen LogP contribution in [0.25, 0.3) is 0 Å². The van der Waals surface area contributed by atoms with Gasteiger partial charge in [-0.05, 0) is 48.9 Å². The van der Waals surface area contributed by atoms with Crippen LogP contribution in [-0.2, 0) is 23.9 Å². The molecule has 0 bridgehead atoms. The van der Waals surface area contributed by atoms with Crippen LogP contribution in [0.5, 0.6) is 0 Å². The van der Waals surface area contributed by atoms with E-state index in [-0.39, 0.29) is 18.9 Å². The molecule has 1 aliphatic heterocycles. The third kappa shape index (κ3) is 5.40. The number of esters is 2. The molecule has 2 aromatic carbocycles. The number of nitrogens with one attached hydrogen (secondary N) is 1. The van der Waals surface area contributed by atoms with Crippen molar-refractivity contribution < 1.29 is 28.7 Å². The summed E-state index contributed by atoms with van der Waals surface area (Å²) in [5, 5.41) is 3.12. The number of anilines is 2. The fourth-order valence-corrected chi connectivity index (χ4v) is 3.31. The zero-order valence-electron chi connectivity index (χ0n) is 17.0. The molecule has 1 aliphatic rings. The highest BCUT2D eigenvalue weighted by Crippen LogP contribution is 2.26. The van der Waals surface area contributed by atoms with Gasteiger partial charge in [-0.25, -0.2) is 4.79 Å². The number of hydrogen-bond acceptors (Lipinski definition) is 6. The second-order valence-corrected chi connectivity index (χ2v) is 7.47. The first-order valence-electron chi connectivity index (χ1n) is 9.50. The third-order valence-electron chi connectivity index (χ3n) is 4.86. The third-order valence-corrected chi connectivity index (χ3v) is 5.27. The zero-order chi connectivity index (χ0) is 22.5. The van der Waals surface area contributed by atoms with E-state index in [0.29, 0.717) is 22.0 Å². The molecule has 1 saturated heterocycles. The predicted molar refractivity (Wildman–Crippen MR) is 114 cm³/mol. The normalized spacial score (nSPS) is 15.5. The maximum absolute atomic E-state index is 12.3. The average molecular weight is 445 g/mol. The van der Waals surface area contributed by atoms with Crippen molar-refractivity contribution in [2.75, 3.05) is 30.5 Å². The first-order valence-corrected chi connectivity index (χ1v) is 9.87. The molecule has 2 amide bonds. The lowest BCUT2D eigenvalue weighted by atomic mass is 10.1. The van der Waals surface area contributed by atoms with Crippen LogP contribution >= 0.6 is 11.6 Å². The molecule has 0 unspecified atom stereocenters. The van der Waals surface area contributed by atoms with E-state index in [4.69, 9.17) is 16.3 Å². The smallest absolute Gasteiger partial charge is 0.337 e. The summed E-state index contributed by atoms with van der Waals surface area (Å²) in [6.45, 7) is 1.50. The first kappa shape index (κ1) is 22.3. The monoisotopic (exact) mass is 444 g/mol.